The Hall–Kier alpha value is -0.820. The van der Waals surface area contributed by atoms with Crippen molar-refractivity contribution < 1.29 is 0 Å². The van der Waals surface area contributed by atoms with Crippen LogP contribution in [0.1, 0.15) is 50.8 Å². The van der Waals surface area contributed by atoms with Crippen LogP contribution in [0.25, 0.3) is 0 Å². The normalized spacial score (nSPS) is 34.4. The summed E-state index contributed by atoms with van der Waals surface area (Å²) in [5, 5.41) is 0. The highest BCUT2D eigenvalue weighted by atomic mass is 14.8. The van der Waals surface area contributed by atoms with Gasteiger partial charge in [-0.3, -0.25) is 0 Å². The summed E-state index contributed by atoms with van der Waals surface area (Å²) in [7, 11) is 0. The summed E-state index contributed by atoms with van der Waals surface area (Å²) in [6.45, 7) is 7.05. The second kappa shape index (κ2) is 2.89. The number of fused-ring (bicyclic) bond motifs is 2. The lowest BCUT2D eigenvalue weighted by Gasteiger charge is -2.40. The van der Waals surface area contributed by atoms with Crippen molar-refractivity contribution in [2.24, 2.45) is 17.1 Å². The van der Waals surface area contributed by atoms with Crippen LogP contribution in [-0.4, -0.2) is 0 Å². The van der Waals surface area contributed by atoms with Crippen LogP contribution in [0.2, 0.25) is 0 Å². The standard InChI is InChI=1S/C15H21N/c1-10(2)14(3)13(16)11-6-4-5-7-12(11)15(14)8-9-15/h4-7,10,13H,8-9,16H2,1-3H3/t13-,14?/m1/s1. The minimum atomic E-state index is 0.214. The van der Waals surface area contributed by atoms with Crippen molar-refractivity contribution in [3.63, 3.8) is 0 Å². The number of benzene rings is 1. The molecule has 2 aliphatic carbocycles. The maximum absolute atomic E-state index is 6.54. The molecule has 3 rings (SSSR count). The van der Waals surface area contributed by atoms with Gasteiger partial charge in [-0.25, -0.2) is 0 Å². The zero-order valence-electron chi connectivity index (χ0n) is 10.5. The first kappa shape index (κ1) is 10.3. The molecule has 2 aliphatic rings. The molecule has 0 bridgehead atoms. The molecule has 86 valence electrons. The van der Waals surface area contributed by atoms with Gasteiger partial charge in [0.25, 0.3) is 0 Å². The van der Waals surface area contributed by atoms with Gasteiger partial charge in [-0.05, 0) is 35.3 Å². The minimum absolute atomic E-state index is 0.214. The second-order valence-electron chi connectivity index (χ2n) is 6.08. The molecule has 1 fully saturated rings. The van der Waals surface area contributed by atoms with Crippen molar-refractivity contribution >= 4 is 0 Å². The summed E-state index contributed by atoms with van der Waals surface area (Å²) in [5.74, 6) is 0.636. The van der Waals surface area contributed by atoms with Gasteiger partial charge in [0, 0.05) is 11.5 Å². The predicted molar refractivity (Wildman–Crippen MR) is 67.2 cm³/mol. The zero-order chi connectivity index (χ0) is 11.6. The largest absolute Gasteiger partial charge is 0.323 e. The Bertz CT molecular complexity index is 431. The number of nitrogens with two attached hydrogens (primary N) is 1. The smallest absolute Gasteiger partial charge is 0.0363 e. The fourth-order valence-electron chi connectivity index (χ4n) is 3.96. The van der Waals surface area contributed by atoms with Crippen LogP contribution >= 0.6 is 0 Å². The van der Waals surface area contributed by atoms with Crippen LogP contribution < -0.4 is 5.73 Å². The average molecular weight is 215 g/mol. The van der Waals surface area contributed by atoms with E-state index in [2.05, 4.69) is 45.0 Å². The molecule has 1 aromatic rings. The molecule has 0 aromatic heterocycles. The van der Waals surface area contributed by atoms with Crippen molar-refractivity contribution in [1.82, 2.24) is 0 Å². The minimum Gasteiger partial charge on any atom is -0.323 e. The van der Waals surface area contributed by atoms with Gasteiger partial charge in [0.15, 0.2) is 0 Å². The highest BCUT2D eigenvalue weighted by Crippen LogP contribution is 2.71. The maximum Gasteiger partial charge on any atom is 0.0363 e. The molecule has 1 nitrogen and oxygen atoms in total. The molecule has 0 amide bonds. The van der Waals surface area contributed by atoms with Crippen LogP contribution in [0.5, 0.6) is 0 Å². The fourth-order valence-corrected chi connectivity index (χ4v) is 3.96. The van der Waals surface area contributed by atoms with E-state index in [0.29, 0.717) is 11.3 Å². The van der Waals surface area contributed by atoms with Gasteiger partial charge in [-0.1, -0.05) is 45.0 Å². The summed E-state index contributed by atoms with van der Waals surface area (Å²) in [5.41, 5.74) is 10.1. The van der Waals surface area contributed by atoms with Crippen molar-refractivity contribution in [3.8, 4) is 0 Å². The quantitative estimate of drug-likeness (QED) is 0.763. The number of rotatable bonds is 1. The molecule has 1 spiro atoms. The number of hydrogen-bond donors (Lipinski definition) is 1. The molecule has 0 aliphatic heterocycles. The first-order chi connectivity index (χ1) is 7.54. The van der Waals surface area contributed by atoms with Crippen LogP contribution in [0.4, 0.5) is 0 Å². The third-order valence-corrected chi connectivity index (χ3v) is 5.44. The molecule has 1 saturated carbocycles. The fraction of sp³-hybridized carbons (Fsp3) is 0.600. The highest BCUT2D eigenvalue weighted by molar-refractivity contribution is 5.50. The molecule has 1 unspecified atom stereocenters. The van der Waals surface area contributed by atoms with Crippen molar-refractivity contribution in [2.45, 2.75) is 45.1 Å². The van der Waals surface area contributed by atoms with Crippen LogP contribution in [0.15, 0.2) is 24.3 Å². The summed E-state index contributed by atoms with van der Waals surface area (Å²) in [6.07, 6.45) is 2.65. The van der Waals surface area contributed by atoms with Crippen LogP contribution in [-0.2, 0) is 5.41 Å². The van der Waals surface area contributed by atoms with E-state index in [-0.39, 0.29) is 11.5 Å². The maximum atomic E-state index is 6.54. The van der Waals surface area contributed by atoms with E-state index in [9.17, 15) is 0 Å². The average Bonchev–Trinajstić information content (AvgIpc) is 3.05. The van der Waals surface area contributed by atoms with E-state index in [4.69, 9.17) is 5.73 Å². The second-order valence-corrected chi connectivity index (χ2v) is 6.08. The SMILES string of the molecule is CC(C)C1(C)[C@H](N)c2ccccc2C12CC2. The van der Waals surface area contributed by atoms with E-state index in [1.54, 1.807) is 5.56 Å². The Morgan fingerprint density at radius 3 is 2.44 bits per heavy atom. The lowest BCUT2D eigenvalue weighted by Crippen LogP contribution is -2.40. The predicted octanol–water partition coefficient (Wildman–Crippen LogP) is 3.39. The molecule has 2 atom stereocenters. The third kappa shape index (κ3) is 0.917. The Morgan fingerprint density at radius 1 is 1.25 bits per heavy atom. The van der Waals surface area contributed by atoms with Gasteiger partial charge in [-0.15, -0.1) is 0 Å². The van der Waals surface area contributed by atoms with E-state index in [0.717, 1.165) is 0 Å². The highest BCUT2D eigenvalue weighted by Gasteiger charge is 2.66. The van der Waals surface area contributed by atoms with Crippen LogP contribution in [0, 0.1) is 11.3 Å². The van der Waals surface area contributed by atoms with Gasteiger partial charge >= 0.3 is 0 Å². The molecule has 0 saturated heterocycles. The van der Waals surface area contributed by atoms with Gasteiger partial charge in [0.2, 0.25) is 0 Å². The zero-order valence-corrected chi connectivity index (χ0v) is 10.5. The van der Waals surface area contributed by atoms with E-state index in [1.807, 2.05) is 0 Å². The molecule has 16 heavy (non-hydrogen) atoms. The summed E-state index contributed by atoms with van der Waals surface area (Å²) >= 11 is 0. The van der Waals surface area contributed by atoms with Gasteiger partial charge < -0.3 is 5.73 Å². The van der Waals surface area contributed by atoms with Gasteiger partial charge in [0.05, 0.1) is 0 Å². The summed E-state index contributed by atoms with van der Waals surface area (Å²) in [4.78, 5) is 0. The topological polar surface area (TPSA) is 26.0 Å². The van der Waals surface area contributed by atoms with Crippen molar-refractivity contribution in [1.29, 1.82) is 0 Å². The third-order valence-electron chi connectivity index (χ3n) is 5.44. The first-order valence-corrected chi connectivity index (χ1v) is 6.39. The monoisotopic (exact) mass is 215 g/mol. The molecular weight excluding hydrogens is 194 g/mol. The van der Waals surface area contributed by atoms with Crippen molar-refractivity contribution in [3.05, 3.63) is 35.4 Å². The molecule has 1 aromatic carbocycles. The van der Waals surface area contributed by atoms with Gasteiger partial charge in [0.1, 0.15) is 0 Å². The van der Waals surface area contributed by atoms with Crippen LogP contribution in [0.3, 0.4) is 0 Å². The van der Waals surface area contributed by atoms with Crippen molar-refractivity contribution in [2.75, 3.05) is 0 Å². The Kier molecular flexibility index (Phi) is 1.87. The lowest BCUT2D eigenvalue weighted by atomic mass is 9.65. The Labute approximate surface area is 98.0 Å². The molecule has 0 radical (unpaired) electrons. The lowest BCUT2D eigenvalue weighted by molar-refractivity contribution is 0.129. The van der Waals surface area contributed by atoms with E-state index >= 15 is 0 Å². The summed E-state index contributed by atoms with van der Waals surface area (Å²) < 4.78 is 0. The Balaban J connectivity index is 2.22. The molecule has 1 heteroatoms. The summed E-state index contributed by atoms with van der Waals surface area (Å²) in [6, 6.07) is 9.04. The van der Waals surface area contributed by atoms with Gasteiger partial charge in [-0.2, -0.15) is 0 Å². The van der Waals surface area contributed by atoms with E-state index < -0.39 is 0 Å². The first-order valence-electron chi connectivity index (χ1n) is 6.39. The molecular formula is C15H21N. The molecule has 0 heterocycles. The van der Waals surface area contributed by atoms with E-state index in [1.165, 1.54) is 18.4 Å². The Morgan fingerprint density at radius 2 is 1.88 bits per heavy atom. The molecule has 2 N–H and O–H groups in total. The number of hydrogen-bond acceptors (Lipinski definition) is 1.